The molecule has 0 aliphatic carbocycles. The molecule has 1 atom stereocenters. The number of carbonyl (C=O) groups is 2. The van der Waals surface area contributed by atoms with E-state index in [4.69, 9.17) is 4.74 Å². The average molecular weight is 346 g/mol. The summed E-state index contributed by atoms with van der Waals surface area (Å²) >= 11 is 1.12. The number of amides is 2. The second-order valence-corrected chi connectivity index (χ2v) is 6.24. The minimum atomic E-state index is -0.546. The van der Waals surface area contributed by atoms with Gasteiger partial charge in [0.15, 0.2) is 6.10 Å². The summed E-state index contributed by atoms with van der Waals surface area (Å²) in [6.45, 7) is 1.66. The van der Waals surface area contributed by atoms with Gasteiger partial charge in [0.05, 0.1) is 11.4 Å². The lowest BCUT2D eigenvalue weighted by atomic mass is 10.2. The molecule has 24 heavy (non-hydrogen) atoms. The van der Waals surface area contributed by atoms with Crippen LogP contribution in [0.5, 0.6) is 5.75 Å². The standard InChI is InChI=1S/C17H15FN2O3S/c1-10-17(22)20-13-8-11(6-7-14(13)23-10)19-16(21)9-24-15-5-3-2-4-12(15)18/h2-8,10H,9H2,1H3,(H,19,21)(H,20,22). The maximum absolute atomic E-state index is 13.5. The first-order valence-electron chi connectivity index (χ1n) is 7.31. The van der Waals surface area contributed by atoms with Gasteiger partial charge in [-0.1, -0.05) is 12.1 Å². The minimum absolute atomic E-state index is 0.0813. The fourth-order valence-corrected chi connectivity index (χ4v) is 2.93. The second kappa shape index (κ2) is 6.92. The van der Waals surface area contributed by atoms with Crippen molar-refractivity contribution in [2.24, 2.45) is 0 Å². The number of hydrogen-bond donors (Lipinski definition) is 2. The first-order valence-corrected chi connectivity index (χ1v) is 8.30. The third-order valence-electron chi connectivity index (χ3n) is 3.39. The molecule has 2 amide bonds. The van der Waals surface area contributed by atoms with Gasteiger partial charge in [-0.2, -0.15) is 0 Å². The van der Waals surface area contributed by atoms with E-state index in [0.29, 0.717) is 22.0 Å². The molecule has 2 aromatic rings. The Morgan fingerprint density at radius 1 is 1.33 bits per heavy atom. The fourth-order valence-electron chi connectivity index (χ4n) is 2.19. The van der Waals surface area contributed by atoms with Crippen LogP contribution in [0.25, 0.3) is 0 Å². The van der Waals surface area contributed by atoms with Crippen LogP contribution >= 0.6 is 11.8 Å². The van der Waals surface area contributed by atoms with Gasteiger partial charge in [-0.25, -0.2) is 4.39 Å². The highest BCUT2D eigenvalue weighted by atomic mass is 32.2. The minimum Gasteiger partial charge on any atom is -0.479 e. The number of benzene rings is 2. The smallest absolute Gasteiger partial charge is 0.265 e. The molecule has 1 aliphatic rings. The zero-order chi connectivity index (χ0) is 17.1. The average Bonchev–Trinajstić information content (AvgIpc) is 2.55. The third kappa shape index (κ3) is 3.68. The van der Waals surface area contributed by atoms with E-state index < -0.39 is 6.10 Å². The van der Waals surface area contributed by atoms with Crippen LogP contribution in [0, 0.1) is 5.82 Å². The Balaban J connectivity index is 1.62. The van der Waals surface area contributed by atoms with Crippen molar-refractivity contribution < 1.29 is 18.7 Å². The van der Waals surface area contributed by atoms with Gasteiger partial charge in [0.25, 0.3) is 5.91 Å². The Bertz CT molecular complexity index is 797. The van der Waals surface area contributed by atoms with Crippen LogP contribution in [0.15, 0.2) is 47.4 Å². The molecular formula is C17H15FN2O3S. The summed E-state index contributed by atoms with van der Waals surface area (Å²) in [6, 6.07) is 11.3. The van der Waals surface area contributed by atoms with E-state index in [-0.39, 0.29) is 23.4 Å². The highest BCUT2D eigenvalue weighted by Crippen LogP contribution is 2.32. The number of hydrogen-bond acceptors (Lipinski definition) is 4. The number of nitrogens with one attached hydrogen (secondary N) is 2. The number of fused-ring (bicyclic) bond motifs is 1. The SMILES string of the molecule is CC1Oc2ccc(NC(=O)CSc3ccccc3F)cc2NC1=O. The van der Waals surface area contributed by atoms with Crippen molar-refractivity contribution in [2.45, 2.75) is 17.9 Å². The molecule has 0 saturated heterocycles. The zero-order valence-electron chi connectivity index (χ0n) is 12.8. The van der Waals surface area contributed by atoms with Crippen molar-refractivity contribution >= 4 is 35.0 Å². The molecule has 0 aromatic heterocycles. The largest absolute Gasteiger partial charge is 0.479 e. The molecule has 1 aliphatic heterocycles. The Kier molecular flexibility index (Phi) is 4.71. The van der Waals surface area contributed by atoms with Crippen LogP contribution in [0.2, 0.25) is 0 Å². The molecule has 0 bridgehead atoms. The van der Waals surface area contributed by atoms with E-state index in [2.05, 4.69) is 10.6 Å². The molecule has 0 saturated carbocycles. The van der Waals surface area contributed by atoms with E-state index in [1.54, 1.807) is 43.3 Å². The summed E-state index contributed by atoms with van der Waals surface area (Å²) in [5.41, 5.74) is 1.05. The molecule has 1 heterocycles. The van der Waals surface area contributed by atoms with Gasteiger partial charge in [-0.3, -0.25) is 9.59 Å². The monoisotopic (exact) mass is 346 g/mol. The molecule has 1 unspecified atom stereocenters. The first kappa shape index (κ1) is 16.3. The molecule has 2 N–H and O–H groups in total. The predicted molar refractivity (Wildman–Crippen MR) is 90.9 cm³/mol. The quantitative estimate of drug-likeness (QED) is 0.834. The lowest BCUT2D eigenvalue weighted by molar-refractivity contribution is -0.122. The summed E-state index contributed by atoms with van der Waals surface area (Å²) in [4.78, 5) is 24.1. The van der Waals surface area contributed by atoms with E-state index in [1.165, 1.54) is 6.07 Å². The van der Waals surface area contributed by atoms with Crippen LogP contribution in [0.1, 0.15) is 6.92 Å². The Morgan fingerprint density at radius 2 is 2.12 bits per heavy atom. The number of rotatable bonds is 4. The molecule has 5 nitrogen and oxygen atoms in total. The summed E-state index contributed by atoms with van der Waals surface area (Å²) in [6.07, 6.45) is -0.546. The molecule has 0 fully saturated rings. The highest BCUT2D eigenvalue weighted by molar-refractivity contribution is 8.00. The normalized spacial score (nSPS) is 15.9. The van der Waals surface area contributed by atoms with E-state index in [9.17, 15) is 14.0 Å². The van der Waals surface area contributed by atoms with Crippen molar-refractivity contribution in [3.8, 4) is 5.75 Å². The third-order valence-corrected chi connectivity index (χ3v) is 4.44. The van der Waals surface area contributed by atoms with Crippen molar-refractivity contribution in [2.75, 3.05) is 16.4 Å². The van der Waals surface area contributed by atoms with Crippen LogP contribution in [0.4, 0.5) is 15.8 Å². The first-order chi connectivity index (χ1) is 11.5. The lowest BCUT2D eigenvalue weighted by Crippen LogP contribution is -2.34. The summed E-state index contributed by atoms with van der Waals surface area (Å²) < 4.78 is 19.0. The van der Waals surface area contributed by atoms with E-state index in [1.807, 2.05) is 0 Å². The Hall–Kier alpha value is -2.54. The summed E-state index contributed by atoms with van der Waals surface area (Å²) in [5, 5.41) is 5.44. The van der Waals surface area contributed by atoms with E-state index >= 15 is 0 Å². The molecule has 2 aromatic carbocycles. The van der Waals surface area contributed by atoms with Gasteiger partial charge < -0.3 is 15.4 Å². The van der Waals surface area contributed by atoms with Gasteiger partial charge in [0.2, 0.25) is 5.91 Å². The van der Waals surface area contributed by atoms with Gasteiger partial charge in [0, 0.05) is 10.6 Å². The van der Waals surface area contributed by atoms with Gasteiger partial charge in [0.1, 0.15) is 11.6 Å². The molecular weight excluding hydrogens is 331 g/mol. The molecule has 7 heteroatoms. The Labute approximate surface area is 142 Å². The summed E-state index contributed by atoms with van der Waals surface area (Å²) in [7, 11) is 0. The van der Waals surface area contributed by atoms with Crippen molar-refractivity contribution in [1.29, 1.82) is 0 Å². The maximum Gasteiger partial charge on any atom is 0.265 e. The van der Waals surface area contributed by atoms with Crippen LogP contribution < -0.4 is 15.4 Å². The predicted octanol–water partition coefficient (Wildman–Crippen LogP) is 3.28. The maximum atomic E-state index is 13.5. The zero-order valence-corrected chi connectivity index (χ0v) is 13.7. The number of ether oxygens (including phenoxy) is 1. The molecule has 0 spiro atoms. The fraction of sp³-hybridized carbons (Fsp3) is 0.176. The molecule has 124 valence electrons. The molecule has 3 rings (SSSR count). The van der Waals surface area contributed by atoms with Gasteiger partial charge in [-0.05, 0) is 37.3 Å². The lowest BCUT2D eigenvalue weighted by Gasteiger charge is -2.23. The van der Waals surface area contributed by atoms with Crippen LogP contribution in [0.3, 0.4) is 0 Å². The second-order valence-electron chi connectivity index (χ2n) is 5.23. The summed E-state index contributed by atoms with van der Waals surface area (Å²) in [5.74, 6) is -0.211. The topological polar surface area (TPSA) is 67.4 Å². The van der Waals surface area contributed by atoms with Crippen LogP contribution in [-0.2, 0) is 9.59 Å². The Morgan fingerprint density at radius 3 is 2.92 bits per heavy atom. The van der Waals surface area contributed by atoms with Crippen molar-refractivity contribution in [1.82, 2.24) is 0 Å². The number of carbonyl (C=O) groups excluding carboxylic acids is 2. The van der Waals surface area contributed by atoms with E-state index in [0.717, 1.165) is 11.8 Å². The number of thioether (sulfide) groups is 1. The van der Waals surface area contributed by atoms with Crippen molar-refractivity contribution in [3.05, 3.63) is 48.3 Å². The van der Waals surface area contributed by atoms with Gasteiger partial charge >= 0.3 is 0 Å². The van der Waals surface area contributed by atoms with Gasteiger partial charge in [-0.15, -0.1) is 11.8 Å². The van der Waals surface area contributed by atoms with Crippen LogP contribution in [-0.4, -0.2) is 23.7 Å². The van der Waals surface area contributed by atoms with Crippen molar-refractivity contribution in [3.63, 3.8) is 0 Å². The number of halogens is 1. The molecule has 0 radical (unpaired) electrons. The number of anilines is 2. The highest BCUT2D eigenvalue weighted by Gasteiger charge is 2.23.